The van der Waals surface area contributed by atoms with Gasteiger partial charge in [-0.1, -0.05) is 17.7 Å². The molecular weight excluding hydrogens is 214 g/mol. The Balaban J connectivity index is 3.03. The number of rotatable bonds is 5. The van der Waals surface area contributed by atoms with Gasteiger partial charge in [-0.3, -0.25) is 0 Å². The van der Waals surface area contributed by atoms with Crippen molar-refractivity contribution in [1.82, 2.24) is 0 Å². The molecule has 0 heterocycles. The molecule has 0 fully saturated rings. The van der Waals surface area contributed by atoms with E-state index in [1.165, 1.54) is 0 Å². The molecule has 1 aromatic rings. The smallest absolute Gasteiger partial charge is 0.145 e. The molecule has 0 atom stereocenters. The number of nitrogens with one attached hydrogen (secondary N) is 1. The maximum atomic E-state index is 5.99. The zero-order valence-electron chi connectivity index (χ0n) is 8.84. The summed E-state index contributed by atoms with van der Waals surface area (Å²) in [5, 5.41) is 3.67. The molecule has 0 aliphatic rings. The van der Waals surface area contributed by atoms with E-state index in [1.807, 2.05) is 0 Å². The van der Waals surface area contributed by atoms with Crippen LogP contribution in [0.4, 0.5) is 5.69 Å². The summed E-state index contributed by atoms with van der Waals surface area (Å²) < 4.78 is 10.3. The van der Waals surface area contributed by atoms with Gasteiger partial charge < -0.3 is 14.8 Å². The Hall–Kier alpha value is -1.35. The minimum absolute atomic E-state index is 0.546. The van der Waals surface area contributed by atoms with Crippen molar-refractivity contribution in [3.63, 3.8) is 0 Å². The molecule has 15 heavy (non-hydrogen) atoms. The number of ether oxygens (including phenoxy) is 2. The molecule has 0 spiro atoms. The molecule has 0 aliphatic carbocycles. The van der Waals surface area contributed by atoms with Gasteiger partial charge in [-0.2, -0.15) is 0 Å². The van der Waals surface area contributed by atoms with Crippen LogP contribution in [0.5, 0.6) is 11.5 Å². The molecule has 3 nitrogen and oxygen atoms in total. The summed E-state index contributed by atoms with van der Waals surface area (Å²) in [6.07, 6.45) is 1.76. The number of methoxy groups -OCH3 is 2. The van der Waals surface area contributed by atoms with Crippen LogP contribution in [-0.2, 0) is 0 Å². The molecule has 1 rings (SSSR count). The predicted octanol–water partition coefficient (Wildman–Crippen LogP) is 2.96. The van der Waals surface area contributed by atoms with Gasteiger partial charge in [0.2, 0.25) is 0 Å². The lowest BCUT2D eigenvalue weighted by molar-refractivity contribution is 0.395. The van der Waals surface area contributed by atoms with Crippen LogP contribution < -0.4 is 14.8 Å². The van der Waals surface area contributed by atoms with Crippen LogP contribution in [0.15, 0.2) is 24.8 Å². The second kappa shape index (κ2) is 5.51. The maximum Gasteiger partial charge on any atom is 0.145 e. The summed E-state index contributed by atoms with van der Waals surface area (Å²) in [5.41, 5.74) is 0.822. The van der Waals surface area contributed by atoms with E-state index in [-0.39, 0.29) is 0 Å². The SMILES string of the molecule is C=CCNc1cc(Cl)c(OC)cc1OC. The fourth-order valence-electron chi connectivity index (χ4n) is 1.18. The van der Waals surface area contributed by atoms with Crippen molar-refractivity contribution >= 4 is 17.3 Å². The topological polar surface area (TPSA) is 30.5 Å². The minimum Gasteiger partial charge on any atom is -0.495 e. The Morgan fingerprint density at radius 3 is 2.53 bits per heavy atom. The quantitative estimate of drug-likeness (QED) is 0.785. The third-order valence-corrected chi connectivity index (χ3v) is 2.21. The van der Waals surface area contributed by atoms with Crippen molar-refractivity contribution in [2.24, 2.45) is 0 Å². The van der Waals surface area contributed by atoms with E-state index in [0.717, 1.165) is 5.69 Å². The van der Waals surface area contributed by atoms with E-state index in [4.69, 9.17) is 21.1 Å². The van der Waals surface area contributed by atoms with Crippen LogP contribution in [0, 0.1) is 0 Å². The van der Waals surface area contributed by atoms with Crippen LogP contribution in [-0.4, -0.2) is 20.8 Å². The first-order valence-corrected chi connectivity index (χ1v) is 4.87. The van der Waals surface area contributed by atoms with Crippen molar-refractivity contribution in [3.8, 4) is 11.5 Å². The maximum absolute atomic E-state index is 5.99. The number of hydrogen-bond acceptors (Lipinski definition) is 3. The van der Waals surface area contributed by atoms with Crippen molar-refractivity contribution in [2.75, 3.05) is 26.1 Å². The van der Waals surface area contributed by atoms with Crippen LogP contribution in [0.1, 0.15) is 0 Å². The molecule has 82 valence electrons. The zero-order valence-corrected chi connectivity index (χ0v) is 9.60. The van der Waals surface area contributed by atoms with Gasteiger partial charge in [0.25, 0.3) is 0 Å². The fraction of sp³-hybridized carbons (Fsp3) is 0.273. The lowest BCUT2D eigenvalue weighted by Gasteiger charge is -2.12. The molecule has 0 radical (unpaired) electrons. The third kappa shape index (κ3) is 2.80. The van der Waals surface area contributed by atoms with Crippen molar-refractivity contribution in [2.45, 2.75) is 0 Å². The van der Waals surface area contributed by atoms with Gasteiger partial charge in [-0.05, 0) is 6.07 Å². The summed E-state index contributed by atoms with van der Waals surface area (Å²) in [7, 11) is 3.17. The van der Waals surface area contributed by atoms with E-state index in [0.29, 0.717) is 23.1 Å². The summed E-state index contributed by atoms with van der Waals surface area (Å²) in [6.45, 7) is 4.28. The second-order valence-electron chi connectivity index (χ2n) is 2.86. The molecule has 0 bridgehead atoms. The van der Waals surface area contributed by atoms with E-state index in [1.54, 1.807) is 32.4 Å². The van der Waals surface area contributed by atoms with Crippen LogP contribution in [0.25, 0.3) is 0 Å². The first-order valence-electron chi connectivity index (χ1n) is 4.49. The second-order valence-corrected chi connectivity index (χ2v) is 3.26. The average Bonchev–Trinajstić information content (AvgIpc) is 2.26. The molecule has 0 saturated carbocycles. The monoisotopic (exact) mass is 227 g/mol. The van der Waals surface area contributed by atoms with Crippen LogP contribution >= 0.6 is 11.6 Å². The summed E-state index contributed by atoms with van der Waals surface area (Å²) in [4.78, 5) is 0. The van der Waals surface area contributed by atoms with Crippen molar-refractivity contribution in [3.05, 3.63) is 29.8 Å². The van der Waals surface area contributed by atoms with Crippen LogP contribution in [0.3, 0.4) is 0 Å². The number of halogens is 1. The Bertz CT molecular complexity index is 353. The first kappa shape index (κ1) is 11.7. The number of hydrogen-bond donors (Lipinski definition) is 1. The minimum atomic E-state index is 0.546. The van der Waals surface area contributed by atoms with E-state index in [9.17, 15) is 0 Å². The molecule has 0 saturated heterocycles. The highest BCUT2D eigenvalue weighted by molar-refractivity contribution is 6.32. The Morgan fingerprint density at radius 1 is 1.33 bits per heavy atom. The lowest BCUT2D eigenvalue weighted by Crippen LogP contribution is -2.01. The number of benzene rings is 1. The molecule has 0 aliphatic heterocycles. The summed E-state index contributed by atoms with van der Waals surface area (Å²) in [5.74, 6) is 1.29. The first-order chi connectivity index (χ1) is 7.22. The zero-order chi connectivity index (χ0) is 11.3. The molecule has 0 unspecified atom stereocenters. The third-order valence-electron chi connectivity index (χ3n) is 1.91. The van der Waals surface area contributed by atoms with Gasteiger partial charge in [0.05, 0.1) is 24.9 Å². The fourth-order valence-corrected chi connectivity index (χ4v) is 1.42. The molecule has 1 N–H and O–H groups in total. The van der Waals surface area contributed by atoms with Crippen molar-refractivity contribution in [1.29, 1.82) is 0 Å². The van der Waals surface area contributed by atoms with E-state index >= 15 is 0 Å². The van der Waals surface area contributed by atoms with Gasteiger partial charge in [-0.25, -0.2) is 0 Å². The average molecular weight is 228 g/mol. The Labute approximate surface area is 94.6 Å². The summed E-state index contributed by atoms with van der Waals surface area (Å²) >= 11 is 5.99. The predicted molar refractivity (Wildman–Crippen MR) is 63.2 cm³/mol. The number of anilines is 1. The standard InChI is InChI=1S/C11H14ClNO2/c1-4-5-13-9-6-8(12)10(14-2)7-11(9)15-3/h4,6-7,13H,1,5H2,2-3H3. The van der Waals surface area contributed by atoms with E-state index in [2.05, 4.69) is 11.9 Å². The summed E-state index contributed by atoms with van der Waals surface area (Å²) in [6, 6.07) is 3.51. The Kier molecular flexibility index (Phi) is 4.31. The van der Waals surface area contributed by atoms with Gasteiger partial charge >= 0.3 is 0 Å². The Morgan fingerprint density at radius 2 is 2.00 bits per heavy atom. The molecular formula is C11H14ClNO2. The van der Waals surface area contributed by atoms with Crippen LogP contribution in [0.2, 0.25) is 5.02 Å². The largest absolute Gasteiger partial charge is 0.495 e. The lowest BCUT2D eigenvalue weighted by atomic mass is 10.2. The van der Waals surface area contributed by atoms with Gasteiger partial charge in [0, 0.05) is 12.6 Å². The highest BCUT2D eigenvalue weighted by atomic mass is 35.5. The molecule has 1 aromatic carbocycles. The van der Waals surface area contributed by atoms with E-state index < -0.39 is 0 Å². The molecule has 0 aromatic heterocycles. The highest BCUT2D eigenvalue weighted by Gasteiger charge is 2.08. The highest BCUT2D eigenvalue weighted by Crippen LogP contribution is 2.35. The van der Waals surface area contributed by atoms with Gasteiger partial charge in [0.1, 0.15) is 11.5 Å². The molecule has 4 heteroatoms. The van der Waals surface area contributed by atoms with Gasteiger partial charge in [0.15, 0.2) is 0 Å². The normalized spacial score (nSPS) is 9.53. The van der Waals surface area contributed by atoms with Crippen molar-refractivity contribution < 1.29 is 9.47 Å². The molecule has 0 amide bonds. The van der Waals surface area contributed by atoms with Gasteiger partial charge in [-0.15, -0.1) is 6.58 Å².